The zero-order chi connectivity index (χ0) is 16.2. The third-order valence-electron chi connectivity index (χ3n) is 3.04. The van der Waals surface area contributed by atoms with Gasteiger partial charge in [0.1, 0.15) is 11.6 Å². The van der Waals surface area contributed by atoms with Crippen LogP contribution in [0.4, 0.5) is 4.39 Å². The summed E-state index contributed by atoms with van der Waals surface area (Å²) in [6.45, 7) is 1.90. The molecule has 1 aromatic carbocycles. The van der Waals surface area contributed by atoms with Gasteiger partial charge in [0, 0.05) is 5.56 Å². The topological polar surface area (TPSA) is 59.1 Å². The third-order valence-corrected chi connectivity index (χ3v) is 3.31. The highest BCUT2D eigenvalue weighted by Crippen LogP contribution is 2.17. The van der Waals surface area contributed by atoms with Gasteiger partial charge in [0.2, 0.25) is 4.77 Å². The SMILES string of the molecule is CC(/C=N\n1c(-c2ccc(F)cc2)n[nH]c1=S)=C\c1ccco1. The molecule has 0 unspecified atom stereocenters. The van der Waals surface area contributed by atoms with Gasteiger partial charge in [-0.1, -0.05) is 0 Å². The molecule has 23 heavy (non-hydrogen) atoms. The van der Waals surface area contributed by atoms with Crippen molar-refractivity contribution in [3.63, 3.8) is 0 Å². The maximum atomic E-state index is 13.0. The second kappa shape index (κ2) is 6.53. The van der Waals surface area contributed by atoms with Gasteiger partial charge in [0.05, 0.1) is 12.5 Å². The largest absolute Gasteiger partial charge is 0.465 e. The highest BCUT2D eigenvalue weighted by atomic mass is 32.1. The molecule has 3 aromatic rings. The molecule has 3 rings (SSSR count). The molecule has 0 amide bonds. The summed E-state index contributed by atoms with van der Waals surface area (Å²) >= 11 is 5.19. The predicted molar refractivity (Wildman–Crippen MR) is 89.1 cm³/mol. The summed E-state index contributed by atoms with van der Waals surface area (Å²) in [6, 6.07) is 9.64. The number of allylic oxidation sites excluding steroid dienone is 1. The number of rotatable bonds is 4. The number of halogens is 1. The van der Waals surface area contributed by atoms with E-state index in [9.17, 15) is 4.39 Å². The average molecular weight is 328 g/mol. The molecule has 0 aliphatic heterocycles. The summed E-state index contributed by atoms with van der Waals surface area (Å²) in [5.41, 5.74) is 1.59. The van der Waals surface area contributed by atoms with Gasteiger partial charge in [0.15, 0.2) is 5.82 Å². The van der Waals surface area contributed by atoms with Gasteiger partial charge in [-0.2, -0.15) is 14.9 Å². The van der Waals surface area contributed by atoms with E-state index in [1.165, 1.54) is 16.8 Å². The molecular weight excluding hydrogens is 315 g/mol. The minimum absolute atomic E-state index is 0.310. The highest BCUT2D eigenvalue weighted by Gasteiger charge is 2.08. The molecule has 5 nitrogen and oxygen atoms in total. The smallest absolute Gasteiger partial charge is 0.216 e. The molecule has 0 radical (unpaired) electrons. The lowest BCUT2D eigenvalue weighted by Gasteiger charge is -2.00. The van der Waals surface area contributed by atoms with Gasteiger partial charge in [-0.25, -0.2) is 9.49 Å². The molecule has 0 atom stereocenters. The molecule has 116 valence electrons. The van der Waals surface area contributed by atoms with Crippen LogP contribution in [0, 0.1) is 10.6 Å². The lowest BCUT2D eigenvalue weighted by atomic mass is 10.2. The van der Waals surface area contributed by atoms with Crippen LogP contribution in [0.3, 0.4) is 0 Å². The number of aromatic amines is 1. The van der Waals surface area contributed by atoms with Gasteiger partial charge in [-0.3, -0.25) is 0 Å². The zero-order valence-electron chi connectivity index (χ0n) is 12.2. The van der Waals surface area contributed by atoms with Crippen molar-refractivity contribution in [3.05, 3.63) is 64.6 Å². The van der Waals surface area contributed by atoms with Crippen molar-refractivity contribution in [2.24, 2.45) is 5.10 Å². The Morgan fingerprint density at radius 2 is 2.13 bits per heavy atom. The molecule has 0 spiro atoms. The number of hydrogen-bond acceptors (Lipinski definition) is 4. The zero-order valence-corrected chi connectivity index (χ0v) is 13.0. The van der Waals surface area contributed by atoms with E-state index in [1.54, 1.807) is 24.6 Å². The minimum atomic E-state index is -0.310. The van der Waals surface area contributed by atoms with Crippen molar-refractivity contribution in [2.45, 2.75) is 6.92 Å². The summed E-state index contributed by atoms with van der Waals surface area (Å²) in [5, 5.41) is 11.2. The molecule has 0 saturated heterocycles. The van der Waals surface area contributed by atoms with Crippen molar-refractivity contribution in [1.29, 1.82) is 0 Å². The molecule has 0 aliphatic rings. The number of H-pyrrole nitrogens is 1. The Morgan fingerprint density at radius 1 is 1.35 bits per heavy atom. The molecule has 2 aromatic heterocycles. The quantitative estimate of drug-likeness (QED) is 0.574. The molecule has 0 bridgehead atoms. The normalized spacial score (nSPS) is 12.2. The van der Waals surface area contributed by atoms with Crippen molar-refractivity contribution < 1.29 is 8.81 Å². The standard InChI is InChI=1S/C16H13FN4OS/c1-11(9-14-3-2-8-22-14)10-18-21-15(19-20-16(21)23)12-4-6-13(17)7-5-12/h2-10H,1H3,(H,20,23)/b11-9+,18-10-. The number of nitrogens with zero attached hydrogens (tertiary/aromatic N) is 3. The summed E-state index contributed by atoms with van der Waals surface area (Å²) in [7, 11) is 0. The van der Waals surface area contributed by atoms with Gasteiger partial charge < -0.3 is 4.42 Å². The second-order valence-corrected chi connectivity index (χ2v) is 5.21. The van der Waals surface area contributed by atoms with Crippen LogP contribution in [-0.4, -0.2) is 21.1 Å². The van der Waals surface area contributed by atoms with Crippen LogP contribution in [0.15, 0.2) is 57.8 Å². The van der Waals surface area contributed by atoms with Crippen molar-refractivity contribution in [3.8, 4) is 11.4 Å². The maximum absolute atomic E-state index is 13.0. The van der Waals surface area contributed by atoms with E-state index in [2.05, 4.69) is 15.3 Å². The monoisotopic (exact) mass is 328 g/mol. The Morgan fingerprint density at radius 3 is 2.83 bits per heavy atom. The number of hydrogen-bond donors (Lipinski definition) is 1. The Bertz CT molecular complexity index is 904. The van der Waals surface area contributed by atoms with Gasteiger partial charge >= 0.3 is 0 Å². The first-order valence-corrected chi connectivity index (χ1v) is 7.24. The lowest BCUT2D eigenvalue weighted by molar-refractivity contribution is 0.557. The fraction of sp³-hybridized carbons (Fsp3) is 0.0625. The average Bonchev–Trinajstić information content (AvgIpc) is 3.16. The van der Waals surface area contributed by atoms with Crippen LogP contribution in [-0.2, 0) is 0 Å². The minimum Gasteiger partial charge on any atom is -0.465 e. The van der Waals surface area contributed by atoms with E-state index < -0.39 is 0 Å². The number of nitrogens with one attached hydrogen (secondary N) is 1. The number of aromatic nitrogens is 3. The Hall–Kier alpha value is -2.80. The molecule has 7 heteroatoms. The first kappa shape index (κ1) is 15.1. The van der Waals surface area contributed by atoms with Gasteiger partial charge in [0.25, 0.3) is 0 Å². The highest BCUT2D eigenvalue weighted by molar-refractivity contribution is 7.71. The third kappa shape index (κ3) is 3.51. The molecule has 2 heterocycles. The first-order chi connectivity index (χ1) is 11.1. The van der Waals surface area contributed by atoms with E-state index in [4.69, 9.17) is 16.6 Å². The van der Waals surface area contributed by atoms with Crippen LogP contribution < -0.4 is 0 Å². The molecule has 0 saturated carbocycles. The Kier molecular flexibility index (Phi) is 4.29. The van der Waals surface area contributed by atoms with Crippen molar-refractivity contribution in [2.75, 3.05) is 0 Å². The van der Waals surface area contributed by atoms with E-state index in [0.29, 0.717) is 16.2 Å². The Balaban J connectivity index is 1.91. The second-order valence-electron chi connectivity index (χ2n) is 4.82. The summed E-state index contributed by atoms with van der Waals surface area (Å²) in [6.07, 6.45) is 5.11. The summed E-state index contributed by atoms with van der Waals surface area (Å²) in [4.78, 5) is 0. The van der Waals surface area contributed by atoms with E-state index >= 15 is 0 Å². The van der Waals surface area contributed by atoms with Crippen LogP contribution in [0.2, 0.25) is 0 Å². The van der Waals surface area contributed by atoms with Crippen LogP contribution >= 0.6 is 12.2 Å². The van der Waals surface area contributed by atoms with Crippen LogP contribution in [0.5, 0.6) is 0 Å². The first-order valence-electron chi connectivity index (χ1n) is 6.83. The van der Waals surface area contributed by atoms with Crippen LogP contribution in [0.25, 0.3) is 17.5 Å². The number of benzene rings is 1. The molecule has 1 N–H and O–H groups in total. The molecule has 0 fully saturated rings. The van der Waals surface area contributed by atoms with Gasteiger partial charge in [-0.15, -0.1) is 0 Å². The fourth-order valence-corrected chi connectivity index (χ4v) is 2.15. The van der Waals surface area contributed by atoms with E-state index in [0.717, 1.165) is 11.3 Å². The van der Waals surface area contributed by atoms with Crippen LogP contribution in [0.1, 0.15) is 12.7 Å². The molecule has 0 aliphatic carbocycles. The lowest BCUT2D eigenvalue weighted by Crippen LogP contribution is -1.95. The number of furan rings is 1. The van der Waals surface area contributed by atoms with Crippen molar-refractivity contribution >= 4 is 24.5 Å². The molecular formula is C16H13FN4OS. The summed E-state index contributed by atoms with van der Waals surface area (Å²) in [5.74, 6) is 0.940. The fourth-order valence-electron chi connectivity index (χ4n) is 1.97. The Labute approximate surface area is 136 Å². The van der Waals surface area contributed by atoms with Crippen molar-refractivity contribution in [1.82, 2.24) is 14.9 Å². The predicted octanol–water partition coefficient (Wildman–Crippen LogP) is 4.28. The van der Waals surface area contributed by atoms with Gasteiger partial charge in [-0.05, 0) is 67.2 Å². The van der Waals surface area contributed by atoms with E-state index in [-0.39, 0.29) is 5.82 Å². The van der Waals surface area contributed by atoms with E-state index in [1.807, 2.05) is 25.1 Å². The summed E-state index contributed by atoms with van der Waals surface area (Å²) < 4.78 is 20.1. The maximum Gasteiger partial charge on any atom is 0.216 e.